The van der Waals surface area contributed by atoms with E-state index >= 15 is 0 Å². The Balaban J connectivity index is 1.54. The zero-order valence-electron chi connectivity index (χ0n) is 19.1. The highest BCUT2D eigenvalue weighted by Gasteiger charge is 2.42. The van der Waals surface area contributed by atoms with Crippen LogP contribution in [0.5, 0.6) is 0 Å². The first-order chi connectivity index (χ1) is 16.7. The summed E-state index contributed by atoms with van der Waals surface area (Å²) in [5, 5.41) is 0.532. The molecule has 4 heterocycles. The van der Waals surface area contributed by atoms with Crippen molar-refractivity contribution in [2.45, 2.75) is 43.5 Å². The molecule has 0 radical (unpaired) electrons. The van der Waals surface area contributed by atoms with E-state index in [0.717, 1.165) is 32.7 Å². The smallest absolute Gasteiger partial charge is 0.253 e. The molecular formula is C24H23ClN4O3S3. The zero-order chi connectivity index (χ0) is 24.7. The Morgan fingerprint density at radius 1 is 1.17 bits per heavy atom. The summed E-state index contributed by atoms with van der Waals surface area (Å²) < 4.78 is 29.6. The van der Waals surface area contributed by atoms with Gasteiger partial charge in [-0.2, -0.15) is 4.31 Å². The summed E-state index contributed by atoms with van der Waals surface area (Å²) in [5.74, 6) is -0.299. The summed E-state index contributed by atoms with van der Waals surface area (Å²) in [6.45, 7) is 4.56. The normalized spacial score (nSPS) is 16.7. The molecule has 0 aliphatic carbocycles. The number of aryl methyl sites for hydroxylation is 2. The number of halogens is 1. The van der Waals surface area contributed by atoms with Gasteiger partial charge in [0, 0.05) is 12.7 Å². The predicted molar refractivity (Wildman–Crippen MR) is 141 cm³/mol. The summed E-state index contributed by atoms with van der Waals surface area (Å²) in [6.07, 6.45) is 2.72. The van der Waals surface area contributed by atoms with Crippen molar-refractivity contribution < 1.29 is 13.2 Å². The number of nitrogens with zero attached hydrogens (tertiary/aromatic N) is 4. The van der Waals surface area contributed by atoms with Crippen molar-refractivity contribution in [2.75, 3.05) is 11.4 Å². The lowest BCUT2D eigenvalue weighted by molar-refractivity contribution is -0.121. The second kappa shape index (κ2) is 9.59. The average Bonchev–Trinajstić information content (AvgIpc) is 3.58. The fraction of sp³-hybridized carbons (Fsp3) is 0.292. The van der Waals surface area contributed by atoms with Crippen LogP contribution in [-0.4, -0.2) is 41.2 Å². The number of hydrogen-bond donors (Lipinski definition) is 0. The van der Waals surface area contributed by atoms with Gasteiger partial charge in [0.2, 0.25) is 5.91 Å². The number of pyridine rings is 1. The topological polar surface area (TPSA) is 83.5 Å². The van der Waals surface area contributed by atoms with Crippen molar-refractivity contribution in [1.82, 2.24) is 14.3 Å². The molecule has 1 atom stereocenters. The SMILES string of the molecule is Cc1cc2nc(N(Cc3ccccn3)C(=O)C3CCCN3S(=O)(=O)c3ccc(Cl)s3)sc2cc1C. The molecule has 1 saturated heterocycles. The van der Waals surface area contributed by atoms with Gasteiger partial charge in [-0.15, -0.1) is 11.3 Å². The monoisotopic (exact) mass is 546 g/mol. The van der Waals surface area contributed by atoms with Crippen LogP contribution >= 0.6 is 34.3 Å². The Morgan fingerprint density at radius 2 is 1.97 bits per heavy atom. The summed E-state index contributed by atoms with van der Waals surface area (Å²) in [4.78, 5) is 24.7. The van der Waals surface area contributed by atoms with Crippen molar-refractivity contribution in [3.63, 3.8) is 0 Å². The Morgan fingerprint density at radius 3 is 2.69 bits per heavy atom. The van der Waals surface area contributed by atoms with Crippen LogP contribution in [0.15, 0.2) is 52.9 Å². The van der Waals surface area contributed by atoms with E-state index in [1.807, 2.05) is 38.1 Å². The minimum absolute atomic E-state index is 0.143. The molecule has 1 fully saturated rings. The second-order valence-electron chi connectivity index (χ2n) is 8.48. The molecule has 0 spiro atoms. The molecule has 7 nitrogen and oxygen atoms in total. The fourth-order valence-electron chi connectivity index (χ4n) is 4.18. The summed E-state index contributed by atoms with van der Waals surface area (Å²) >= 11 is 8.43. The number of aromatic nitrogens is 2. The molecule has 0 bridgehead atoms. The maximum Gasteiger partial charge on any atom is 0.253 e. The highest BCUT2D eigenvalue weighted by atomic mass is 35.5. The van der Waals surface area contributed by atoms with Crippen LogP contribution in [0, 0.1) is 13.8 Å². The van der Waals surface area contributed by atoms with E-state index in [2.05, 4.69) is 11.1 Å². The van der Waals surface area contributed by atoms with Crippen LogP contribution in [-0.2, 0) is 21.4 Å². The van der Waals surface area contributed by atoms with Gasteiger partial charge in [0.1, 0.15) is 10.3 Å². The number of thiazole rings is 1. The quantitative estimate of drug-likeness (QED) is 0.323. The molecule has 0 saturated carbocycles. The second-order valence-corrected chi connectivity index (χ2v) is 13.3. The van der Waals surface area contributed by atoms with Crippen LogP contribution in [0.2, 0.25) is 4.34 Å². The third-order valence-electron chi connectivity index (χ3n) is 6.14. The van der Waals surface area contributed by atoms with E-state index in [-0.39, 0.29) is 23.2 Å². The maximum atomic E-state index is 14.0. The van der Waals surface area contributed by atoms with Crippen LogP contribution in [0.25, 0.3) is 10.2 Å². The third kappa shape index (κ3) is 4.73. The van der Waals surface area contributed by atoms with Gasteiger partial charge in [-0.3, -0.25) is 14.7 Å². The number of anilines is 1. The molecule has 1 unspecified atom stereocenters. The van der Waals surface area contributed by atoms with Crippen molar-refractivity contribution in [3.05, 3.63) is 69.8 Å². The first kappa shape index (κ1) is 24.3. The summed E-state index contributed by atoms with van der Waals surface area (Å²) in [6, 6.07) is 11.8. The molecular weight excluding hydrogens is 524 g/mol. The molecule has 1 aliphatic heterocycles. The molecule has 35 heavy (non-hydrogen) atoms. The Bertz CT molecular complexity index is 1460. The van der Waals surface area contributed by atoms with Gasteiger partial charge in [0.15, 0.2) is 5.13 Å². The number of rotatable bonds is 6. The molecule has 5 rings (SSSR count). The summed E-state index contributed by atoms with van der Waals surface area (Å²) in [7, 11) is -3.85. The van der Waals surface area contributed by atoms with E-state index in [4.69, 9.17) is 16.6 Å². The highest BCUT2D eigenvalue weighted by Crippen LogP contribution is 2.36. The van der Waals surface area contributed by atoms with E-state index in [0.29, 0.717) is 28.0 Å². The molecule has 1 aliphatic rings. The first-order valence-corrected chi connectivity index (χ1v) is 14.6. The lowest BCUT2D eigenvalue weighted by atomic mass is 10.1. The van der Waals surface area contributed by atoms with Gasteiger partial charge >= 0.3 is 0 Å². The number of hydrogen-bond acceptors (Lipinski definition) is 7. The molecule has 182 valence electrons. The van der Waals surface area contributed by atoms with E-state index in [1.54, 1.807) is 17.2 Å². The van der Waals surface area contributed by atoms with Gasteiger partial charge in [0.25, 0.3) is 10.0 Å². The number of benzene rings is 1. The third-order valence-corrected chi connectivity index (χ3v) is 10.8. The van der Waals surface area contributed by atoms with E-state index < -0.39 is 16.1 Å². The molecule has 4 aromatic rings. The molecule has 1 amide bonds. The number of carbonyl (C=O) groups is 1. The average molecular weight is 547 g/mol. The van der Waals surface area contributed by atoms with Crippen molar-refractivity contribution in [1.29, 1.82) is 0 Å². The van der Waals surface area contributed by atoms with Crippen molar-refractivity contribution >= 4 is 65.6 Å². The minimum atomic E-state index is -3.85. The Hall–Kier alpha value is -2.37. The first-order valence-electron chi connectivity index (χ1n) is 11.1. The van der Waals surface area contributed by atoms with Gasteiger partial charge < -0.3 is 0 Å². The van der Waals surface area contributed by atoms with Crippen LogP contribution in [0.1, 0.15) is 29.7 Å². The minimum Gasteiger partial charge on any atom is -0.281 e. The highest BCUT2D eigenvalue weighted by molar-refractivity contribution is 7.91. The number of sulfonamides is 1. The van der Waals surface area contributed by atoms with Crippen LogP contribution < -0.4 is 4.90 Å². The molecule has 0 N–H and O–H groups in total. The van der Waals surface area contributed by atoms with Gasteiger partial charge in [-0.25, -0.2) is 13.4 Å². The van der Waals surface area contributed by atoms with Crippen LogP contribution in [0.4, 0.5) is 5.13 Å². The lowest BCUT2D eigenvalue weighted by Gasteiger charge is -2.28. The van der Waals surface area contributed by atoms with E-state index in [9.17, 15) is 13.2 Å². The molecule has 11 heteroatoms. The predicted octanol–water partition coefficient (Wildman–Crippen LogP) is 5.41. The molecule has 3 aromatic heterocycles. The molecule has 1 aromatic carbocycles. The standard InChI is InChI=1S/C24H23ClN4O3S3/c1-15-12-18-20(13-16(15)2)33-24(27-18)28(14-17-6-3-4-10-26-17)23(30)19-7-5-11-29(19)35(31,32)22-9-8-21(25)34-22/h3-4,6,8-10,12-13,19H,5,7,11,14H2,1-2H3. The number of fused-ring (bicyclic) bond motifs is 1. The van der Waals surface area contributed by atoms with Crippen LogP contribution in [0.3, 0.4) is 0 Å². The number of carbonyl (C=O) groups excluding carboxylic acids is 1. The maximum absolute atomic E-state index is 14.0. The van der Waals surface area contributed by atoms with Gasteiger partial charge in [-0.05, 0) is 74.2 Å². The largest absolute Gasteiger partial charge is 0.281 e. The van der Waals surface area contributed by atoms with E-state index in [1.165, 1.54) is 21.7 Å². The van der Waals surface area contributed by atoms with Crippen molar-refractivity contribution in [3.8, 4) is 0 Å². The van der Waals surface area contributed by atoms with Gasteiger partial charge in [0.05, 0.1) is 26.8 Å². The fourth-order valence-corrected chi connectivity index (χ4v) is 8.50. The lowest BCUT2D eigenvalue weighted by Crippen LogP contribution is -2.47. The van der Waals surface area contributed by atoms with Crippen molar-refractivity contribution in [2.24, 2.45) is 0 Å². The van der Waals surface area contributed by atoms with Gasteiger partial charge in [-0.1, -0.05) is 29.0 Å². The Kier molecular flexibility index (Phi) is 6.67. The number of thiophene rings is 1. The Labute approximate surface area is 217 Å². The zero-order valence-corrected chi connectivity index (χ0v) is 22.3. The number of amides is 1. The summed E-state index contributed by atoms with van der Waals surface area (Å²) in [5.41, 5.74) is 3.79.